The van der Waals surface area contributed by atoms with Gasteiger partial charge in [0.15, 0.2) is 5.69 Å². The van der Waals surface area contributed by atoms with Gasteiger partial charge in [0.05, 0.1) is 5.52 Å². The number of halogens is 1. The molecule has 3 rings (SSSR count). The van der Waals surface area contributed by atoms with Gasteiger partial charge in [0.1, 0.15) is 5.65 Å². The Morgan fingerprint density at radius 3 is 2.71 bits per heavy atom. The Hall–Kier alpha value is -2.07. The van der Waals surface area contributed by atoms with Crippen LogP contribution in [0.15, 0.2) is 42.6 Å². The van der Waals surface area contributed by atoms with Gasteiger partial charge in [-0.15, -0.1) is 12.4 Å². The second-order valence-electron chi connectivity index (χ2n) is 3.55. The number of carboxylic acids is 1. The molecule has 17 heavy (non-hydrogen) atoms. The van der Waals surface area contributed by atoms with Gasteiger partial charge in [0, 0.05) is 6.20 Å². The van der Waals surface area contributed by atoms with E-state index in [1.807, 2.05) is 36.4 Å². The maximum atomic E-state index is 10.8. The van der Waals surface area contributed by atoms with Crippen molar-refractivity contribution in [3.05, 3.63) is 48.3 Å². The van der Waals surface area contributed by atoms with Gasteiger partial charge in [0.25, 0.3) is 0 Å². The number of hydrogen-bond donors (Lipinski definition) is 1. The van der Waals surface area contributed by atoms with Crippen molar-refractivity contribution in [2.24, 2.45) is 0 Å². The summed E-state index contributed by atoms with van der Waals surface area (Å²) in [4.78, 5) is 14.9. The van der Waals surface area contributed by atoms with E-state index in [1.54, 1.807) is 10.6 Å². The monoisotopic (exact) mass is 248 g/mol. The lowest BCUT2D eigenvalue weighted by molar-refractivity contribution is 0.0691. The third kappa shape index (κ3) is 1.72. The van der Waals surface area contributed by atoms with E-state index in [0.29, 0.717) is 5.65 Å². The van der Waals surface area contributed by atoms with Crippen LogP contribution in [-0.4, -0.2) is 20.5 Å². The zero-order valence-electron chi connectivity index (χ0n) is 8.70. The lowest BCUT2D eigenvalue weighted by Gasteiger charge is -1.99. The SMILES string of the molecule is Cl.O=C(O)c1cn2c(ccc3ccccc32)n1. The molecule has 0 unspecified atom stereocenters. The predicted molar refractivity (Wildman–Crippen MR) is 66.9 cm³/mol. The fourth-order valence-electron chi connectivity index (χ4n) is 1.82. The minimum atomic E-state index is -1.01. The molecule has 0 saturated heterocycles. The molecule has 4 nitrogen and oxygen atoms in total. The number of aromatic nitrogens is 2. The van der Waals surface area contributed by atoms with Gasteiger partial charge < -0.3 is 5.11 Å². The van der Waals surface area contributed by atoms with E-state index in [4.69, 9.17) is 5.11 Å². The quantitative estimate of drug-likeness (QED) is 0.720. The third-order valence-electron chi connectivity index (χ3n) is 2.56. The molecule has 0 aliphatic heterocycles. The van der Waals surface area contributed by atoms with Crippen LogP contribution in [0.3, 0.4) is 0 Å². The Morgan fingerprint density at radius 2 is 1.94 bits per heavy atom. The van der Waals surface area contributed by atoms with E-state index in [-0.39, 0.29) is 18.1 Å². The molecule has 0 aliphatic rings. The standard InChI is InChI=1S/C12H8N2O2.ClH/c15-12(16)9-7-14-10-4-2-1-3-8(10)5-6-11(14)13-9;/h1-7H,(H,15,16);1H. The topological polar surface area (TPSA) is 54.6 Å². The predicted octanol–water partition coefficient (Wildman–Crippen LogP) is 2.61. The summed E-state index contributed by atoms with van der Waals surface area (Å²) >= 11 is 0. The van der Waals surface area contributed by atoms with Gasteiger partial charge >= 0.3 is 5.97 Å². The molecular weight excluding hydrogens is 240 g/mol. The van der Waals surface area contributed by atoms with Crippen LogP contribution >= 0.6 is 12.4 Å². The summed E-state index contributed by atoms with van der Waals surface area (Å²) in [6, 6.07) is 11.5. The van der Waals surface area contributed by atoms with Crippen LogP contribution < -0.4 is 0 Å². The molecule has 0 bridgehead atoms. The van der Waals surface area contributed by atoms with Gasteiger partial charge in [-0.1, -0.05) is 18.2 Å². The molecule has 0 radical (unpaired) electrons. The van der Waals surface area contributed by atoms with Gasteiger partial charge in [-0.3, -0.25) is 4.40 Å². The number of benzene rings is 1. The highest BCUT2D eigenvalue weighted by atomic mass is 35.5. The van der Waals surface area contributed by atoms with Crippen molar-refractivity contribution >= 4 is 34.9 Å². The molecule has 2 heterocycles. The average molecular weight is 249 g/mol. The summed E-state index contributed by atoms with van der Waals surface area (Å²) in [5.41, 5.74) is 1.67. The zero-order valence-corrected chi connectivity index (χ0v) is 9.52. The fraction of sp³-hybridized carbons (Fsp3) is 0. The number of hydrogen-bond acceptors (Lipinski definition) is 2. The second-order valence-corrected chi connectivity index (χ2v) is 3.55. The minimum Gasteiger partial charge on any atom is -0.476 e. The molecule has 1 N–H and O–H groups in total. The van der Waals surface area contributed by atoms with Crippen molar-refractivity contribution in [3.8, 4) is 0 Å². The average Bonchev–Trinajstić information content (AvgIpc) is 2.73. The van der Waals surface area contributed by atoms with Crippen LogP contribution in [0.2, 0.25) is 0 Å². The number of imidazole rings is 1. The van der Waals surface area contributed by atoms with Crippen LogP contribution in [0.1, 0.15) is 10.5 Å². The molecule has 5 heteroatoms. The molecule has 0 saturated carbocycles. The first kappa shape index (κ1) is 11.4. The number of pyridine rings is 1. The Kier molecular flexibility index (Phi) is 2.73. The van der Waals surface area contributed by atoms with Crippen LogP contribution in [0.4, 0.5) is 0 Å². The Morgan fingerprint density at radius 1 is 1.18 bits per heavy atom. The first-order valence-electron chi connectivity index (χ1n) is 4.86. The van der Waals surface area contributed by atoms with Crippen molar-refractivity contribution in [3.63, 3.8) is 0 Å². The van der Waals surface area contributed by atoms with E-state index >= 15 is 0 Å². The summed E-state index contributed by atoms with van der Waals surface area (Å²) in [6.07, 6.45) is 1.54. The Bertz CT molecular complexity index is 706. The molecule has 0 fully saturated rings. The Balaban J connectivity index is 0.00000108. The van der Waals surface area contributed by atoms with E-state index < -0.39 is 5.97 Å². The number of nitrogens with zero attached hydrogens (tertiary/aromatic N) is 2. The summed E-state index contributed by atoms with van der Waals surface area (Å²) in [5.74, 6) is -1.01. The number of aromatic carboxylic acids is 1. The smallest absolute Gasteiger partial charge is 0.356 e. The number of fused-ring (bicyclic) bond motifs is 3. The maximum absolute atomic E-state index is 10.8. The van der Waals surface area contributed by atoms with Crippen LogP contribution in [0.25, 0.3) is 16.6 Å². The van der Waals surface area contributed by atoms with Crippen LogP contribution in [0, 0.1) is 0 Å². The molecular formula is C12H9ClN2O2. The molecule has 0 aliphatic carbocycles. The van der Waals surface area contributed by atoms with E-state index in [2.05, 4.69) is 4.98 Å². The van der Waals surface area contributed by atoms with E-state index in [1.165, 1.54) is 0 Å². The summed E-state index contributed by atoms with van der Waals surface area (Å²) in [7, 11) is 0. The van der Waals surface area contributed by atoms with Gasteiger partial charge in [-0.25, -0.2) is 9.78 Å². The largest absolute Gasteiger partial charge is 0.476 e. The highest BCUT2D eigenvalue weighted by Gasteiger charge is 2.09. The maximum Gasteiger partial charge on any atom is 0.356 e. The molecule has 1 aromatic carbocycles. The van der Waals surface area contributed by atoms with Crippen molar-refractivity contribution in [1.29, 1.82) is 0 Å². The summed E-state index contributed by atoms with van der Waals surface area (Å²) in [5, 5.41) is 9.94. The molecule has 0 spiro atoms. The number of para-hydroxylation sites is 1. The molecule has 0 atom stereocenters. The van der Waals surface area contributed by atoms with Gasteiger partial charge in [-0.05, 0) is 23.6 Å². The van der Waals surface area contributed by atoms with E-state index in [9.17, 15) is 4.79 Å². The first-order valence-corrected chi connectivity index (χ1v) is 4.86. The van der Waals surface area contributed by atoms with Gasteiger partial charge in [-0.2, -0.15) is 0 Å². The highest BCUT2D eigenvalue weighted by molar-refractivity contribution is 5.88. The number of carbonyl (C=O) groups is 1. The zero-order chi connectivity index (χ0) is 11.1. The number of carboxylic acid groups (broad SMARTS) is 1. The molecule has 0 amide bonds. The minimum absolute atomic E-state index is 0. The normalized spacial score (nSPS) is 10.4. The highest BCUT2D eigenvalue weighted by Crippen LogP contribution is 2.17. The molecule has 2 aromatic heterocycles. The Labute approximate surface area is 103 Å². The lowest BCUT2D eigenvalue weighted by atomic mass is 10.2. The lowest BCUT2D eigenvalue weighted by Crippen LogP contribution is -1.94. The van der Waals surface area contributed by atoms with Crippen molar-refractivity contribution < 1.29 is 9.90 Å². The second kappa shape index (κ2) is 4.07. The van der Waals surface area contributed by atoms with E-state index in [0.717, 1.165) is 10.9 Å². The third-order valence-corrected chi connectivity index (χ3v) is 2.56. The van der Waals surface area contributed by atoms with Gasteiger partial charge in [0.2, 0.25) is 0 Å². The van der Waals surface area contributed by atoms with Crippen LogP contribution in [0.5, 0.6) is 0 Å². The van der Waals surface area contributed by atoms with Crippen molar-refractivity contribution in [2.45, 2.75) is 0 Å². The number of rotatable bonds is 1. The molecule has 86 valence electrons. The molecule has 3 aromatic rings. The summed E-state index contributed by atoms with van der Waals surface area (Å²) in [6.45, 7) is 0. The van der Waals surface area contributed by atoms with Crippen LogP contribution in [-0.2, 0) is 0 Å². The van der Waals surface area contributed by atoms with Crippen molar-refractivity contribution in [2.75, 3.05) is 0 Å². The van der Waals surface area contributed by atoms with Crippen molar-refractivity contribution in [1.82, 2.24) is 9.38 Å². The fourth-order valence-corrected chi connectivity index (χ4v) is 1.82. The first-order chi connectivity index (χ1) is 7.75. The summed E-state index contributed by atoms with van der Waals surface area (Å²) < 4.78 is 1.79.